The Morgan fingerprint density at radius 1 is 1.53 bits per heavy atom. The molecule has 2 heterocycles. The van der Waals surface area contributed by atoms with Gasteiger partial charge in [0.05, 0.1) is 11.8 Å². The molecule has 0 radical (unpaired) electrons. The predicted octanol–water partition coefficient (Wildman–Crippen LogP) is 1.13. The molecule has 3 nitrogen and oxygen atoms in total. The van der Waals surface area contributed by atoms with Crippen LogP contribution < -0.4 is 5.32 Å². The first-order valence-electron chi connectivity index (χ1n) is 5.28. The summed E-state index contributed by atoms with van der Waals surface area (Å²) in [6.45, 7) is 3.62. The highest BCUT2D eigenvalue weighted by molar-refractivity contribution is 5.51. The van der Waals surface area contributed by atoms with E-state index in [2.05, 4.69) is 10.3 Å². The maximum atomic E-state index is 9.76. The molecule has 3 heteroatoms. The summed E-state index contributed by atoms with van der Waals surface area (Å²) in [6.07, 6.45) is 2.45. The normalized spacial score (nSPS) is 24.4. The summed E-state index contributed by atoms with van der Waals surface area (Å²) in [5, 5.41) is 13.0. The van der Waals surface area contributed by atoms with Gasteiger partial charge in [0, 0.05) is 12.2 Å². The Kier molecular flexibility index (Phi) is 3.14. The highest BCUT2D eigenvalue weighted by Gasteiger charge is 2.15. The largest absolute Gasteiger partial charge is 0.389 e. The van der Waals surface area contributed by atoms with Gasteiger partial charge in [-0.2, -0.15) is 0 Å². The Balaban J connectivity index is 2.21. The topological polar surface area (TPSA) is 45.1 Å². The lowest BCUT2D eigenvalue weighted by atomic mass is 10.0. The van der Waals surface area contributed by atoms with Crippen molar-refractivity contribution in [1.29, 1.82) is 0 Å². The lowest BCUT2D eigenvalue weighted by Gasteiger charge is -2.21. The van der Waals surface area contributed by atoms with Crippen LogP contribution in [-0.2, 0) is 0 Å². The van der Waals surface area contributed by atoms with Gasteiger partial charge < -0.3 is 10.4 Å². The van der Waals surface area contributed by atoms with Crippen LogP contribution in [0.4, 0.5) is 0 Å². The quantitative estimate of drug-likeness (QED) is 0.720. The summed E-state index contributed by atoms with van der Waals surface area (Å²) in [4.78, 5) is 4.39. The van der Waals surface area contributed by atoms with Crippen molar-refractivity contribution in [2.75, 3.05) is 13.1 Å². The Labute approximate surface area is 89.9 Å². The summed E-state index contributed by atoms with van der Waals surface area (Å²) in [5.74, 6) is 0. The van der Waals surface area contributed by atoms with Gasteiger partial charge in [-0.1, -0.05) is 6.07 Å². The zero-order valence-corrected chi connectivity index (χ0v) is 8.90. The maximum Gasteiger partial charge on any atom is 0.0778 e. The molecule has 0 aromatic carbocycles. The lowest BCUT2D eigenvalue weighted by molar-refractivity contribution is 0.185. The lowest BCUT2D eigenvalue weighted by Crippen LogP contribution is -2.33. The van der Waals surface area contributed by atoms with E-state index in [-0.39, 0.29) is 6.10 Å². The van der Waals surface area contributed by atoms with E-state index in [0.29, 0.717) is 0 Å². The molecule has 0 spiro atoms. The number of nitrogens with one attached hydrogen (secondary N) is 1. The molecule has 1 unspecified atom stereocenters. The monoisotopic (exact) mass is 204 g/mol. The molecule has 2 rings (SSSR count). The van der Waals surface area contributed by atoms with Gasteiger partial charge in [-0.3, -0.25) is 4.98 Å². The second-order valence-corrected chi connectivity index (χ2v) is 3.90. The van der Waals surface area contributed by atoms with Gasteiger partial charge in [0.15, 0.2) is 0 Å². The molecule has 1 aliphatic rings. The van der Waals surface area contributed by atoms with Gasteiger partial charge in [0.2, 0.25) is 0 Å². The number of aryl methyl sites for hydroxylation is 1. The van der Waals surface area contributed by atoms with E-state index in [1.165, 1.54) is 0 Å². The number of pyridine rings is 1. The van der Waals surface area contributed by atoms with Gasteiger partial charge in [-0.25, -0.2) is 0 Å². The molecule has 15 heavy (non-hydrogen) atoms. The molecule has 1 aromatic rings. The fraction of sp³-hybridized carbons (Fsp3) is 0.417. The van der Waals surface area contributed by atoms with Crippen molar-refractivity contribution in [3.8, 4) is 0 Å². The molecule has 1 aromatic heterocycles. The fourth-order valence-corrected chi connectivity index (χ4v) is 1.76. The minimum absolute atomic E-state index is 0.312. The molecule has 0 aliphatic carbocycles. The van der Waals surface area contributed by atoms with Crippen LogP contribution >= 0.6 is 0 Å². The van der Waals surface area contributed by atoms with Crippen LogP contribution in [0.2, 0.25) is 0 Å². The number of aliphatic hydroxyl groups is 1. The third kappa shape index (κ3) is 2.64. The van der Waals surface area contributed by atoms with Crippen molar-refractivity contribution in [3.05, 3.63) is 35.2 Å². The molecule has 80 valence electrons. The Hall–Kier alpha value is -1.19. The van der Waals surface area contributed by atoms with E-state index in [1.54, 1.807) is 0 Å². The van der Waals surface area contributed by atoms with Gasteiger partial charge in [0.25, 0.3) is 0 Å². The molecular weight excluding hydrogens is 188 g/mol. The Bertz CT molecular complexity index is 374. The molecule has 1 atom stereocenters. The van der Waals surface area contributed by atoms with Gasteiger partial charge in [0.1, 0.15) is 0 Å². The summed E-state index contributed by atoms with van der Waals surface area (Å²) in [5.41, 5.74) is 2.95. The average molecular weight is 204 g/mol. The zero-order valence-electron chi connectivity index (χ0n) is 8.90. The van der Waals surface area contributed by atoms with Crippen LogP contribution in [-0.4, -0.2) is 29.3 Å². The van der Waals surface area contributed by atoms with Crippen molar-refractivity contribution >= 4 is 6.08 Å². The van der Waals surface area contributed by atoms with Crippen LogP contribution in [0.5, 0.6) is 0 Å². The second kappa shape index (κ2) is 4.55. The number of hydrogen-bond donors (Lipinski definition) is 2. The van der Waals surface area contributed by atoms with Crippen LogP contribution in [0.15, 0.2) is 23.8 Å². The minimum Gasteiger partial charge on any atom is -0.389 e. The zero-order chi connectivity index (χ0) is 10.7. The van der Waals surface area contributed by atoms with Crippen LogP contribution in [0.25, 0.3) is 6.08 Å². The standard InChI is InChI=1S/C12H16N2O/c1-9-3-2-4-11(14-9)7-10-8-13-6-5-12(10)15/h2-4,7,12-13,15H,5-6,8H2,1H3/b10-7+. The molecule has 1 fully saturated rings. The first-order chi connectivity index (χ1) is 7.25. The number of nitrogens with zero attached hydrogens (tertiary/aromatic N) is 1. The molecule has 0 saturated carbocycles. The molecule has 0 amide bonds. The summed E-state index contributed by atoms with van der Waals surface area (Å²) in [7, 11) is 0. The molecule has 1 saturated heterocycles. The van der Waals surface area contributed by atoms with Crippen molar-refractivity contribution in [3.63, 3.8) is 0 Å². The number of aromatic nitrogens is 1. The van der Waals surface area contributed by atoms with Gasteiger partial charge in [-0.05, 0) is 43.7 Å². The first kappa shape index (κ1) is 10.3. The van der Waals surface area contributed by atoms with Gasteiger partial charge in [-0.15, -0.1) is 0 Å². The van der Waals surface area contributed by atoms with Crippen LogP contribution in [0, 0.1) is 6.92 Å². The van der Waals surface area contributed by atoms with Crippen molar-refractivity contribution in [2.24, 2.45) is 0 Å². The third-order valence-electron chi connectivity index (χ3n) is 2.59. The molecular formula is C12H16N2O. The van der Waals surface area contributed by atoms with E-state index in [0.717, 1.165) is 36.5 Å². The third-order valence-corrected chi connectivity index (χ3v) is 2.59. The second-order valence-electron chi connectivity index (χ2n) is 3.90. The van der Waals surface area contributed by atoms with E-state index < -0.39 is 0 Å². The van der Waals surface area contributed by atoms with Crippen molar-refractivity contribution in [1.82, 2.24) is 10.3 Å². The summed E-state index contributed by atoms with van der Waals surface area (Å²) in [6, 6.07) is 5.91. The van der Waals surface area contributed by atoms with Crippen molar-refractivity contribution < 1.29 is 5.11 Å². The number of aliphatic hydroxyl groups excluding tert-OH is 1. The van der Waals surface area contributed by atoms with Gasteiger partial charge >= 0.3 is 0 Å². The van der Waals surface area contributed by atoms with E-state index >= 15 is 0 Å². The van der Waals surface area contributed by atoms with Crippen molar-refractivity contribution in [2.45, 2.75) is 19.4 Å². The predicted molar refractivity (Wildman–Crippen MR) is 60.4 cm³/mol. The fourth-order valence-electron chi connectivity index (χ4n) is 1.76. The van der Waals surface area contributed by atoms with E-state index in [4.69, 9.17) is 0 Å². The number of rotatable bonds is 1. The SMILES string of the molecule is Cc1cccc(/C=C2\CNCCC2O)n1. The first-order valence-corrected chi connectivity index (χ1v) is 5.28. The Morgan fingerprint density at radius 2 is 2.40 bits per heavy atom. The van der Waals surface area contributed by atoms with Crippen LogP contribution in [0.3, 0.4) is 0 Å². The maximum absolute atomic E-state index is 9.76. The van der Waals surface area contributed by atoms with E-state index in [1.807, 2.05) is 31.2 Å². The summed E-state index contributed by atoms with van der Waals surface area (Å²) >= 11 is 0. The minimum atomic E-state index is -0.312. The highest BCUT2D eigenvalue weighted by atomic mass is 16.3. The number of piperidine rings is 1. The summed E-state index contributed by atoms with van der Waals surface area (Å²) < 4.78 is 0. The molecule has 0 bridgehead atoms. The Morgan fingerprint density at radius 3 is 3.13 bits per heavy atom. The molecule has 1 aliphatic heterocycles. The average Bonchev–Trinajstić information content (AvgIpc) is 2.22. The van der Waals surface area contributed by atoms with E-state index in [9.17, 15) is 5.11 Å². The highest BCUT2D eigenvalue weighted by Crippen LogP contribution is 2.13. The smallest absolute Gasteiger partial charge is 0.0778 e. The molecule has 2 N–H and O–H groups in total. The van der Waals surface area contributed by atoms with Crippen LogP contribution in [0.1, 0.15) is 17.8 Å². The number of hydrogen-bond acceptors (Lipinski definition) is 3.